The lowest BCUT2D eigenvalue weighted by atomic mass is 10.0. The van der Waals surface area contributed by atoms with Crippen LogP contribution in [-0.4, -0.2) is 24.6 Å². The van der Waals surface area contributed by atoms with Crippen LogP contribution in [0.1, 0.15) is 27.2 Å². The number of benzene rings is 1. The summed E-state index contributed by atoms with van der Waals surface area (Å²) in [6.45, 7) is 6.39. The molecule has 0 spiro atoms. The Morgan fingerprint density at radius 3 is 2.33 bits per heavy atom. The number of halogens is 2. The van der Waals surface area contributed by atoms with Gasteiger partial charge in [0.2, 0.25) is 0 Å². The highest BCUT2D eigenvalue weighted by atomic mass is 79.9. The molecule has 0 heterocycles. The Morgan fingerprint density at radius 2 is 1.86 bits per heavy atom. The molecule has 0 aliphatic rings. The third kappa shape index (κ3) is 7.69. The monoisotopic (exact) mass is 378 g/mol. The fourth-order valence-electron chi connectivity index (χ4n) is 1.87. The molecule has 0 saturated heterocycles. The predicted molar refractivity (Wildman–Crippen MR) is 91.9 cm³/mol. The van der Waals surface area contributed by atoms with Crippen LogP contribution in [0.25, 0.3) is 0 Å². The molecule has 0 radical (unpaired) electrons. The molecule has 2 atom stereocenters. The van der Waals surface area contributed by atoms with E-state index in [1.807, 2.05) is 24.3 Å². The van der Waals surface area contributed by atoms with E-state index in [0.29, 0.717) is 18.2 Å². The van der Waals surface area contributed by atoms with Gasteiger partial charge in [-0.15, -0.1) is 12.4 Å². The Balaban J connectivity index is 0.00000400. The lowest BCUT2D eigenvalue weighted by Crippen LogP contribution is -2.46. The predicted octanol–water partition coefficient (Wildman–Crippen LogP) is 3.13. The third-order valence-corrected chi connectivity index (χ3v) is 3.41. The molecular weight excluding hydrogens is 356 g/mol. The normalized spacial score (nSPS) is 13.2. The molecule has 3 N–H and O–H groups in total. The Kier molecular flexibility index (Phi) is 9.66. The van der Waals surface area contributed by atoms with Crippen LogP contribution in [0.4, 0.5) is 0 Å². The van der Waals surface area contributed by atoms with E-state index in [9.17, 15) is 4.79 Å². The first-order valence-corrected chi connectivity index (χ1v) is 7.64. The molecule has 120 valence electrons. The highest BCUT2D eigenvalue weighted by Gasteiger charge is 2.19. The molecule has 2 unspecified atom stereocenters. The standard InChI is InChI=1S/C15H23BrN2O2.ClH/c1-10(2)8-13(9-17)18-15(19)11(3)20-14-6-4-12(16)5-7-14;/h4-7,10-11,13H,8-9,17H2,1-3H3,(H,18,19);1H. The van der Waals surface area contributed by atoms with Gasteiger partial charge in [0.05, 0.1) is 0 Å². The van der Waals surface area contributed by atoms with E-state index in [-0.39, 0.29) is 24.4 Å². The van der Waals surface area contributed by atoms with E-state index in [2.05, 4.69) is 35.1 Å². The zero-order valence-corrected chi connectivity index (χ0v) is 15.0. The molecule has 0 bridgehead atoms. The van der Waals surface area contributed by atoms with Crippen LogP contribution in [0.3, 0.4) is 0 Å². The van der Waals surface area contributed by atoms with Crippen molar-refractivity contribution in [1.29, 1.82) is 0 Å². The van der Waals surface area contributed by atoms with E-state index in [0.717, 1.165) is 10.9 Å². The fourth-order valence-corrected chi connectivity index (χ4v) is 2.14. The second kappa shape index (κ2) is 10.0. The van der Waals surface area contributed by atoms with Crippen molar-refractivity contribution in [3.05, 3.63) is 28.7 Å². The molecule has 21 heavy (non-hydrogen) atoms. The summed E-state index contributed by atoms with van der Waals surface area (Å²) in [4.78, 5) is 12.1. The van der Waals surface area contributed by atoms with Gasteiger partial charge in [-0.1, -0.05) is 29.8 Å². The van der Waals surface area contributed by atoms with Crippen molar-refractivity contribution in [3.63, 3.8) is 0 Å². The van der Waals surface area contributed by atoms with E-state index < -0.39 is 6.10 Å². The second-order valence-electron chi connectivity index (χ2n) is 5.28. The van der Waals surface area contributed by atoms with Crippen molar-refractivity contribution < 1.29 is 9.53 Å². The van der Waals surface area contributed by atoms with Gasteiger partial charge in [-0.3, -0.25) is 4.79 Å². The van der Waals surface area contributed by atoms with Crippen LogP contribution >= 0.6 is 28.3 Å². The number of carbonyl (C=O) groups excluding carboxylic acids is 1. The summed E-state index contributed by atoms with van der Waals surface area (Å²) in [5.74, 6) is 1.03. The second-order valence-corrected chi connectivity index (χ2v) is 6.20. The van der Waals surface area contributed by atoms with Crippen molar-refractivity contribution in [2.75, 3.05) is 6.54 Å². The number of carbonyl (C=O) groups is 1. The highest BCUT2D eigenvalue weighted by molar-refractivity contribution is 9.10. The lowest BCUT2D eigenvalue weighted by Gasteiger charge is -2.21. The Bertz CT molecular complexity index is 426. The maximum Gasteiger partial charge on any atom is 0.261 e. The van der Waals surface area contributed by atoms with Gasteiger partial charge in [0, 0.05) is 17.1 Å². The molecule has 0 aromatic heterocycles. The van der Waals surface area contributed by atoms with Gasteiger partial charge in [-0.05, 0) is 43.5 Å². The number of hydrogen-bond donors (Lipinski definition) is 2. The minimum atomic E-state index is -0.544. The zero-order valence-electron chi connectivity index (χ0n) is 12.6. The minimum absolute atomic E-state index is 0. The van der Waals surface area contributed by atoms with Gasteiger partial charge in [-0.2, -0.15) is 0 Å². The van der Waals surface area contributed by atoms with Gasteiger partial charge in [0.1, 0.15) is 5.75 Å². The first kappa shape index (κ1) is 20.2. The summed E-state index contributed by atoms with van der Waals surface area (Å²) >= 11 is 3.36. The summed E-state index contributed by atoms with van der Waals surface area (Å²) < 4.78 is 6.58. The fraction of sp³-hybridized carbons (Fsp3) is 0.533. The maximum atomic E-state index is 12.1. The van der Waals surface area contributed by atoms with E-state index >= 15 is 0 Å². The van der Waals surface area contributed by atoms with Crippen molar-refractivity contribution in [2.24, 2.45) is 11.7 Å². The molecule has 1 amide bonds. The summed E-state index contributed by atoms with van der Waals surface area (Å²) in [6, 6.07) is 7.40. The number of rotatable bonds is 7. The molecule has 1 aromatic carbocycles. The average Bonchev–Trinajstić information content (AvgIpc) is 2.39. The summed E-state index contributed by atoms with van der Waals surface area (Å²) in [5.41, 5.74) is 5.68. The van der Waals surface area contributed by atoms with Gasteiger partial charge in [0.25, 0.3) is 5.91 Å². The maximum absolute atomic E-state index is 12.1. The van der Waals surface area contributed by atoms with Crippen molar-refractivity contribution in [1.82, 2.24) is 5.32 Å². The first-order chi connectivity index (χ1) is 9.42. The Hall–Kier alpha value is -0.780. The molecule has 0 saturated carbocycles. The van der Waals surface area contributed by atoms with Crippen LogP contribution < -0.4 is 15.8 Å². The van der Waals surface area contributed by atoms with Crippen LogP contribution in [-0.2, 0) is 4.79 Å². The first-order valence-electron chi connectivity index (χ1n) is 6.85. The Labute approximate surface area is 141 Å². The van der Waals surface area contributed by atoms with E-state index in [4.69, 9.17) is 10.5 Å². The molecular formula is C15H24BrClN2O2. The van der Waals surface area contributed by atoms with Gasteiger partial charge >= 0.3 is 0 Å². The van der Waals surface area contributed by atoms with E-state index in [1.165, 1.54) is 0 Å². The van der Waals surface area contributed by atoms with Crippen molar-refractivity contribution >= 4 is 34.2 Å². The van der Waals surface area contributed by atoms with Crippen LogP contribution in [0.15, 0.2) is 28.7 Å². The summed E-state index contributed by atoms with van der Waals surface area (Å²) in [6.07, 6.45) is 0.324. The van der Waals surface area contributed by atoms with Crippen LogP contribution in [0.2, 0.25) is 0 Å². The van der Waals surface area contributed by atoms with Crippen molar-refractivity contribution in [3.8, 4) is 5.75 Å². The quantitative estimate of drug-likeness (QED) is 0.765. The Morgan fingerprint density at radius 1 is 1.29 bits per heavy atom. The summed E-state index contributed by atoms with van der Waals surface area (Å²) in [7, 11) is 0. The molecule has 4 nitrogen and oxygen atoms in total. The SMILES string of the molecule is CC(C)CC(CN)NC(=O)C(C)Oc1ccc(Br)cc1.Cl. The van der Waals surface area contributed by atoms with Gasteiger partial charge < -0.3 is 15.8 Å². The van der Waals surface area contributed by atoms with Gasteiger partial charge in [-0.25, -0.2) is 0 Å². The molecule has 0 aliphatic heterocycles. The van der Waals surface area contributed by atoms with Gasteiger partial charge in [0.15, 0.2) is 6.10 Å². The largest absolute Gasteiger partial charge is 0.481 e. The average molecular weight is 380 g/mol. The zero-order chi connectivity index (χ0) is 15.1. The molecule has 0 aliphatic carbocycles. The number of nitrogens with one attached hydrogen (secondary N) is 1. The lowest BCUT2D eigenvalue weighted by molar-refractivity contribution is -0.128. The molecule has 6 heteroatoms. The molecule has 0 fully saturated rings. The number of amides is 1. The van der Waals surface area contributed by atoms with Crippen molar-refractivity contribution in [2.45, 2.75) is 39.3 Å². The number of hydrogen-bond acceptors (Lipinski definition) is 3. The smallest absolute Gasteiger partial charge is 0.261 e. The highest BCUT2D eigenvalue weighted by Crippen LogP contribution is 2.17. The topological polar surface area (TPSA) is 64.3 Å². The molecule has 1 rings (SSSR count). The van der Waals surface area contributed by atoms with Crippen LogP contribution in [0, 0.1) is 5.92 Å². The number of ether oxygens (including phenoxy) is 1. The third-order valence-electron chi connectivity index (χ3n) is 2.88. The van der Waals surface area contributed by atoms with Crippen LogP contribution in [0.5, 0.6) is 5.75 Å². The number of nitrogens with two attached hydrogens (primary N) is 1. The molecule has 1 aromatic rings. The summed E-state index contributed by atoms with van der Waals surface area (Å²) in [5, 5.41) is 2.93. The minimum Gasteiger partial charge on any atom is -0.481 e. The van der Waals surface area contributed by atoms with E-state index in [1.54, 1.807) is 6.92 Å².